The van der Waals surface area contributed by atoms with Gasteiger partial charge in [-0.3, -0.25) is 4.98 Å². The summed E-state index contributed by atoms with van der Waals surface area (Å²) < 4.78 is 22.3. The number of nitrogens with two attached hydrogens (primary N) is 1. The Morgan fingerprint density at radius 2 is 2.07 bits per heavy atom. The topological polar surface area (TPSA) is 73.1 Å². The van der Waals surface area contributed by atoms with Crippen LogP contribution < -0.4 is 5.14 Å². The molecule has 0 saturated heterocycles. The van der Waals surface area contributed by atoms with Crippen LogP contribution in [0.25, 0.3) is 10.4 Å². The van der Waals surface area contributed by atoms with E-state index in [1.54, 1.807) is 24.5 Å². The SMILES string of the molecule is NS(=O)(=O)c1ccc(-c2cccnc2)s1. The number of aromatic nitrogens is 1. The van der Waals surface area contributed by atoms with E-state index >= 15 is 0 Å². The summed E-state index contributed by atoms with van der Waals surface area (Å²) in [6.45, 7) is 0. The summed E-state index contributed by atoms with van der Waals surface area (Å²) in [7, 11) is -3.59. The van der Waals surface area contributed by atoms with Gasteiger partial charge in [-0.25, -0.2) is 13.6 Å². The van der Waals surface area contributed by atoms with Crippen LogP contribution in [0.2, 0.25) is 0 Å². The van der Waals surface area contributed by atoms with Gasteiger partial charge in [0.25, 0.3) is 0 Å². The minimum absolute atomic E-state index is 0.168. The molecule has 0 aliphatic rings. The second-order valence-electron chi connectivity index (χ2n) is 2.91. The van der Waals surface area contributed by atoms with Crippen LogP contribution in [0.3, 0.4) is 0 Å². The van der Waals surface area contributed by atoms with Crippen LogP contribution in [-0.4, -0.2) is 13.4 Å². The van der Waals surface area contributed by atoms with E-state index in [1.807, 2.05) is 6.07 Å². The molecular weight excluding hydrogens is 232 g/mol. The van der Waals surface area contributed by atoms with E-state index in [0.717, 1.165) is 21.8 Å². The van der Waals surface area contributed by atoms with Crippen LogP contribution >= 0.6 is 11.3 Å². The molecule has 0 amide bonds. The third-order valence-corrected chi connectivity index (χ3v) is 4.38. The molecule has 0 unspecified atom stereocenters. The lowest BCUT2D eigenvalue weighted by atomic mass is 10.2. The molecule has 6 heteroatoms. The van der Waals surface area contributed by atoms with Crippen LogP contribution in [0.15, 0.2) is 40.9 Å². The van der Waals surface area contributed by atoms with Gasteiger partial charge in [0.1, 0.15) is 4.21 Å². The van der Waals surface area contributed by atoms with Gasteiger partial charge in [-0.2, -0.15) is 0 Å². The second kappa shape index (κ2) is 3.73. The monoisotopic (exact) mass is 240 g/mol. The fraction of sp³-hybridized carbons (Fsp3) is 0. The first kappa shape index (κ1) is 10.3. The quantitative estimate of drug-likeness (QED) is 0.863. The number of primary sulfonamides is 1. The Hall–Kier alpha value is -1.24. The molecule has 0 saturated carbocycles. The predicted molar refractivity (Wildman–Crippen MR) is 58.9 cm³/mol. The molecule has 2 aromatic heterocycles. The highest BCUT2D eigenvalue weighted by Crippen LogP contribution is 2.29. The minimum atomic E-state index is -3.59. The van der Waals surface area contributed by atoms with Gasteiger partial charge in [0.15, 0.2) is 0 Å². The van der Waals surface area contributed by atoms with Crippen molar-refractivity contribution in [2.45, 2.75) is 4.21 Å². The maximum Gasteiger partial charge on any atom is 0.247 e. The molecule has 0 fully saturated rings. The molecule has 0 aliphatic carbocycles. The molecule has 0 radical (unpaired) electrons. The van der Waals surface area contributed by atoms with E-state index in [9.17, 15) is 8.42 Å². The van der Waals surface area contributed by atoms with Crippen LogP contribution in [-0.2, 0) is 10.0 Å². The lowest BCUT2D eigenvalue weighted by Crippen LogP contribution is -2.09. The highest BCUT2D eigenvalue weighted by atomic mass is 32.2. The molecule has 2 aromatic rings. The van der Waals surface area contributed by atoms with E-state index in [4.69, 9.17) is 5.14 Å². The Morgan fingerprint density at radius 3 is 2.60 bits per heavy atom. The molecule has 0 bridgehead atoms. The fourth-order valence-corrected chi connectivity index (χ4v) is 2.86. The lowest BCUT2D eigenvalue weighted by Gasteiger charge is -1.94. The van der Waals surface area contributed by atoms with Gasteiger partial charge < -0.3 is 0 Å². The van der Waals surface area contributed by atoms with Crippen molar-refractivity contribution in [3.8, 4) is 10.4 Å². The number of nitrogens with zero attached hydrogens (tertiary/aromatic N) is 1. The summed E-state index contributed by atoms with van der Waals surface area (Å²) in [4.78, 5) is 4.80. The minimum Gasteiger partial charge on any atom is -0.264 e. The van der Waals surface area contributed by atoms with Gasteiger partial charge in [0, 0.05) is 22.8 Å². The molecule has 2 heterocycles. The van der Waals surface area contributed by atoms with Crippen molar-refractivity contribution >= 4 is 21.4 Å². The van der Waals surface area contributed by atoms with Gasteiger partial charge in [0.2, 0.25) is 10.0 Å². The maximum absolute atomic E-state index is 11.1. The fourth-order valence-electron chi connectivity index (χ4n) is 1.14. The number of rotatable bonds is 2. The number of hydrogen-bond acceptors (Lipinski definition) is 4. The first-order valence-corrected chi connectivity index (χ1v) is 6.47. The van der Waals surface area contributed by atoms with Crippen molar-refractivity contribution in [2.24, 2.45) is 5.14 Å². The van der Waals surface area contributed by atoms with Crippen LogP contribution in [0.4, 0.5) is 0 Å². The average Bonchev–Trinajstić information content (AvgIpc) is 2.67. The Morgan fingerprint density at radius 1 is 1.27 bits per heavy atom. The summed E-state index contributed by atoms with van der Waals surface area (Å²) in [6.07, 6.45) is 3.34. The zero-order valence-corrected chi connectivity index (χ0v) is 9.25. The van der Waals surface area contributed by atoms with Gasteiger partial charge in [0.05, 0.1) is 0 Å². The number of sulfonamides is 1. The Kier molecular flexibility index (Phi) is 2.56. The molecule has 0 atom stereocenters. The van der Waals surface area contributed by atoms with Crippen molar-refractivity contribution in [2.75, 3.05) is 0 Å². The van der Waals surface area contributed by atoms with E-state index in [-0.39, 0.29) is 4.21 Å². The Labute approximate surface area is 91.4 Å². The molecule has 2 rings (SSSR count). The van der Waals surface area contributed by atoms with E-state index in [1.165, 1.54) is 6.07 Å². The molecule has 78 valence electrons. The predicted octanol–water partition coefficient (Wildman–Crippen LogP) is 1.46. The highest BCUT2D eigenvalue weighted by molar-refractivity contribution is 7.91. The molecule has 0 aromatic carbocycles. The number of pyridine rings is 1. The van der Waals surface area contributed by atoms with Crippen molar-refractivity contribution in [1.29, 1.82) is 0 Å². The van der Waals surface area contributed by atoms with Gasteiger partial charge in [-0.15, -0.1) is 11.3 Å². The number of thiophene rings is 1. The van der Waals surface area contributed by atoms with Crippen molar-refractivity contribution in [3.05, 3.63) is 36.7 Å². The van der Waals surface area contributed by atoms with Crippen molar-refractivity contribution in [1.82, 2.24) is 4.98 Å². The first-order chi connectivity index (χ1) is 7.07. The summed E-state index contributed by atoms with van der Waals surface area (Å²) in [5, 5.41) is 5.02. The van der Waals surface area contributed by atoms with E-state index in [0.29, 0.717) is 0 Å². The van der Waals surface area contributed by atoms with Gasteiger partial charge >= 0.3 is 0 Å². The smallest absolute Gasteiger partial charge is 0.247 e. The molecule has 4 nitrogen and oxygen atoms in total. The largest absolute Gasteiger partial charge is 0.264 e. The van der Waals surface area contributed by atoms with Crippen LogP contribution in [0.1, 0.15) is 0 Å². The third-order valence-electron chi connectivity index (χ3n) is 1.81. The van der Waals surface area contributed by atoms with Crippen molar-refractivity contribution < 1.29 is 8.42 Å². The summed E-state index contributed by atoms with van der Waals surface area (Å²) in [5.74, 6) is 0. The normalized spacial score (nSPS) is 11.5. The average molecular weight is 240 g/mol. The molecule has 0 spiro atoms. The third kappa shape index (κ3) is 2.23. The lowest BCUT2D eigenvalue weighted by molar-refractivity contribution is 0.600. The standard InChI is InChI=1S/C9H8N2O2S2/c10-15(12,13)9-4-3-8(14-9)7-2-1-5-11-6-7/h1-6H,(H2,10,12,13). The van der Waals surface area contributed by atoms with Crippen LogP contribution in [0.5, 0.6) is 0 Å². The Bertz CT molecular complexity index is 561. The van der Waals surface area contributed by atoms with E-state index < -0.39 is 10.0 Å². The molecule has 2 N–H and O–H groups in total. The van der Waals surface area contributed by atoms with E-state index in [2.05, 4.69) is 4.98 Å². The van der Waals surface area contributed by atoms with Crippen LogP contribution in [0, 0.1) is 0 Å². The summed E-state index contributed by atoms with van der Waals surface area (Å²) in [5.41, 5.74) is 0.886. The molecule has 0 aliphatic heterocycles. The van der Waals surface area contributed by atoms with Gasteiger partial charge in [-0.05, 0) is 18.2 Å². The molecule has 15 heavy (non-hydrogen) atoms. The maximum atomic E-state index is 11.1. The highest BCUT2D eigenvalue weighted by Gasteiger charge is 2.11. The zero-order valence-electron chi connectivity index (χ0n) is 7.62. The summed E-state index contributed by atoms with van der Waals surface area (Å²) in [6, 6.07) is 6.89. The number of hydrogen-bond donors (Lipinski definition) is 1. The second-order valence-corrected chi connectivity index (χ2v) is 5.78. The molecular formula is C9H8N2O2S2. The van der Waals surface area contributed by atoms with Gasteiger partial charge in [-0.1, -0.05) is 6.07 Å². The zero-order chi connectivity index (χ0) is 10.9. The summed E-state index contributed by atoms with van der Waals surface area (Å²) >= 11 is 1.14. The van der Waals surface area contributed by atoms with Crippen molar-refractivity contribution in [3.63, 3.8) is 0 Å². The first-order valence-electron chi connectivity index (χ1n) is 4.10. The Balaban J connectivity index is 2.46.